The van der Waals surface area contributed by atoms with Crippen LogP contribution in [0.5, 0.6) is 0 Å². The van der Waals surface area contributed by atoms with Crippen LogP contribution in [0.25, 0.3) is 5.65 Å². The number of hydrogen-bond donors (Lipinski definition) is 3. The molecule has 21 heavy (non-hydrogen) atoms. The number of carbonyl (C=O) groups excluding carboxylic acids is 1. The quantitative estimate of drug-likeness (QED) is 0.598. The van der Waals surface area contributed by atoms with E-state index in [9.17, 15) is 4.79 Å². The van der Waals surface area contributed by atoms with E-state index in [1.54, 1.807) is 5.48 Å². The van der Waals surface area contributed by atoms with Crippen LogP contribution in [0.3, 0.4) is 0 Å². The van der Waals surface area contributed by atoms with Gasteiger partial charge in [0.2, 0.25) is 0 Å². The maximum absolute atomic E-state index is 11.3. The standard InChI is InChI=1S/C15H22N4O2/c1-9-6-10(2)19-11(7-9)17-13(15(3,4)5)14(19)16-8-12(20)18-21/h6-7,16,21H,8H2,1-5H3,(H,18,20). The van der Waals surface area contributed by atoms with Crippen molar-refractivity contribution < 1.29 is 10.0 Å². The Hall–Kier alpha value is -2.08. The van der Waals surface area contributed by atoms with Crippen LogP contribution in [-0.4, -0.2) is 27.0 Å². The van der Waals surface area contributed by atoms with Crippen LogP contribution in [0.4, 0.5) is 5.82 Å². The van der Waals surface area contributed by atoms with Gasteiger partial charge in [-0.25, -0.2) is 10.5 Å². The second-order valence-corrected chi connectivity index (χ2v) is 6.32. The highest BCUT2D eigenvalue weighted by Gasteiger charge is 2.25. The van der Waals surface area contributed by atoms with Crippen LogP contribution >= 0.6 is 0 Å². The number of rotatable bonds is 3. The lowest BCUT2D eigenvalue weighted by molar-refractivity contribution is -0.127. The van der Waals surface area contributed by atoms with E-state index < -0.39 is 5.91 Å². The number of pyridine rings is 1. The van der Waals surface area contributed by atoms with Gasteiger partial charge in [-0.15, -0.1) is 0 Å². The first-order valence-electron chi connectivity index (χ1n) is 6.91. The summed E-state index contributed by atoms with van der Waals surface area (Å²) in [4.78, 5) is 16.0. The molecule has 0 spiro atoms. The Kier molecular flexibility index (Phi) is 3.91. The zero-order valence-electron chi connectivity index (χ0n) is 13.1. The van der Waals surface area contributed by atoms with Crippen molar-refractivity contribution in [3.8, 4) is 0 Å². The molecule has 1 amide bonds. The average Bonchev–Trinajstić information content (AvgIpc) is 2.74. The van der Waals surface area contributed by atoms with Crippen molar-refractivity contribution >= 4 is 17.4 Å². The van der Waals surface area contributed by atoms with Crippen molar-refractivity contribution in [3.63, 3.8) is 0 Å². The molecule has 114 valence electrons. The van der Waals surface area contributed by atoms with Gasteiger partial charge in [-0.1, -0.05) is 20.8 Å². The molecule has 0 atom stereocenters. The van der Waals surface area contributed by atoms with E-state index in [1.165, 1.54) is 0 Å². The third-order valence-corrected chi connectivity index (χ3v) is 3.30. The van der Waals surface area contributed by atoms with E-state index in [0.29, 0.717) is 0 Å². The second-order valence-electron chi connectivity index (χ2n) is 6.32. The maximum Gasteiger partial charge on any atom is 0.262 e. The van der Waals surface area contributed by atoms with Gasteiger partial charge in [0.15, 0.2) is 0 Å². The van der Waals surface area contributed by atoms with E-state index in [1.807, 2.05) is 24.3 Å². The Balaban J connectivity index is 2.60. The Labute approximate surface area is 124 Å². The van der Waals surface area contributed by atoms with E-state index >= 15 is 0 Å². The number of carbonyl (C=O) groups is 1. The van der Waals surface area contributed by atoms with Gasteiger partial charge in [0.05, 0.1) is 12.2 Å². The van der Waals surface area contributed by atoms with Crippen molar-refractivity contribution in [2.75, 3.05) is 11.9 Å². The van der Waals surface area contributed by atoms with Crippen LogP contribution in [0.2, 0.25) is 0 Å². The smallest absolute Gasteiger partial charge is 0.262 e. The van der Waals surface area contributed by atoms with Gasteiger partial charge >= 0.3 is 0 Å². The minimum absolute atomic E-state index is 0.0132. The van der Waals surface area contributed by atoms with Gasteiger partial charge in [-0.3, -0.25) is 14.4 Å². The van der Waals surface area contributed by atoms with Crippen LogP contribution in [0, 0.1) is 13.8 Å². The van der Waals surface area contributed by atoms with E-state index in [4.69, 9.17) is 10.2 Å². The van der Waals surface area contributed by atoms with Gasteiger partial charge in [-0.05, 0) is 31.5 Å². The third-order valence-electron chi connectivity index (χ3n) is 3.30. The van der Waals surface area contributed by atoms with Gasteiger partial charge in [0, 0.05) is 11.1 Å². The summed E-state index contributed by atoms with van der Waals surface area (Å²) < 4.78 is 2.00. The molecule has 0 aromatic carbocycles. The number of nitrogens with zero attached hydrogens (tertiary/aromatic N) is 2. The summed E-state index contributed by atoms with van der Waals surface area (Å²) in [5.74, 6) is 0.299. The Morgan fingerprint density at radius 1 is 1.33 bits per heavy atom. The highest BCUT2D eigenvalue weighted by molar-refractivity contribution is 5.79. The summed E-state index contributed by atoms with van der Waals surface area (Å²) >= 11 is 0. The Morgan fingerprint density at radius 2 is 2.00 bits per heavy atom. The molecule has 0 saturated carbocycles. The molecule has 3 N–H and O–H groups in total. The predicted molar refractivity (Wildman–Crippen MR) is 81.8 cm³/mol. The number of imidazole rings is 1. The van der Waals surface area contributed by atoms with E-state index in [0.717, 1.165) is 28.4 Å². The maximum atomic E-state index is 11.3. The number of hydroxylamine groups is 1. The van der Waals surface area contributed by atoms with Crippen LogP contribution in [-0.2, 0) is 10.2 Å². The van der Waals surface area contributed by atoms with Crippen LogP contribution in [0.1, 0.15) is 37.7 Å². The number of aromatic nitrogens is 2. The van der Waals surface area contributed by atoms with Crippen molar-refractivity contribution in [1.82, 2.24) is 14.9 Å². The molecule has 6 nitrogen and oxygen atoms in total. The topological polar surface area (TPSA) is 78.7 Å². The van der Waals surface area contributed by atoms with E-state index in [2.05, 4.69) is 32.2 Å². The molecule has 0 aliphatic heterocycles. The van der Waals surface area contributed by atoms with Gasteiger partial charge < -0.3 is 5.32 Å². The molecule has 2 aromatic rings. The fourth-order valence-corrected chi connectivity index (χ4v) is 2.42. The molecule has 2 aromatic heterocycles. The lowest BCUT2D eigenvalue weighted by Gasteiger charge is -2.18. The monoisotopic (exact) mass is 290 g/mol. The zero-order valence-corrected chi connectivity index (χ0v) is 13.1. The number of aryl methyl sites for hydroxylation is 2. The summed E-state index contributed by atoms with van der Waals surface area (Å²) in [6.45, 7) is 10.3. The molecular formula is C15H22N4O2. The van der Waals surface area contributed by atoms with Crippen LogP contribution in [0.15, 0.2) is 12.1 Å². The fourth-order valence-electron chi connectivity index (χ4n) is 2.42. The van der Waals surface area contributed by atoms with Crippen molar-refractivity contribution in [1.29, 1.82) is 0 Å². The normalized spacial score (nSPS) is 11.7. The molecule has 0 aliphatic rings. The van der Waals surface area contributed by atoms with Gasteiger partial charge in [-0.2, -0.15) is 0 Å². The highest BCUT2D eigenvalue weighted by Crippen LogP contribution is 2.31. The molecule has 0 fully saturated rings. The molecule has 6 heteroatoms. The number of nitrogens with one attached hydrogen (secondary N) is 2. The van der Waals surface area contributed by atoms with Crippen molar-refractivity contribution in [2.45, 2.75) is 40.0 Å². The molecule has 0 aliphatic carbocycles. The predicted octanol–water partition coefficient (Wildman–Crippen LogP) is 2.17. The Morgan fingerprint density at radius 3 is 2.57 bits per heavy atom. The molecule has 2 rings (SSSR count). The first-order valence-corrected chi connectivity index (χ1v) is 6.91. The molecule has 0 bridgehead atoms. The van der Waals surface area contributed by atoms with Crippen molar-refractivity contribution in [2.24, 2.45) is 0 Å². The van der Waals surface area contributed by atoms with Gasteiger partial charge in [0.25, 0.3) is 5.91 Å². The largest absolute Gasteiger partial charge is 0.360 e. The number of anilines is 1. The molecule has 0 saturated heterocycles. The van der Waals surface area contributed by atoms with Crippen LogP contribution < -0.4 is 10.8 Å². The average molecular weight is 290 g/mol. The molecule has 2 heterocycles. The third kappa shape index (κ3) is 3.00. The zero-order chi connectivity index (χ0) is 15.8. The SMILES string of the molecule is Cc1cc(C)n2c(NCC(=O)NO)c(C(C)(C)C)nc2c1. The number of fused-ring (bicyclic) bond motifs is 1. The highest BCUT2D eigenvalue weighted by atomic mass is 16.5. The Bertz CT molecular complexity index is 683. The molecule has 0 unspecified atom stereocenters. The number of amides is 1. The molecule has 0 radical (unpaired) electrons. The summed E-state index contributed by atoms with van der Waals surface area (Å²) in [6, 6.07) is 4.08. The van der Waals surface area contributed by atoms with E-state index in [-0.39, 0.29) is 12.0 Å². The summed E-state index contributed by atoms with van der Waals surface area (Å²) in [6.07, 6.45) is 0. The summed E-state index contributed by atoms with van der Waals surface area (Å²) in [5, 5.41) is 11.7. The minimum Gasteiger partial charge on any atom is -0.360 e. The fraction of sp³-hybridized carbons (Fsp3) is 0.467. The summed E-state index contributed by atoms with van der Waals surface area (Å²) in [7, 11) is 0. The van der Waals surface area contributed by atoms with Gasteiger partial charge in [0.1, 0.15) is 11.5 Å². The molecular weight excluding hydrogens is 268 g/mol. The van der Waals surface area contributed by atoms with Crippen molar-refractivity contribution in [3.05, 3.63) is 29.1 Å². The lowest BCUT2D eigenvalue weighted by atomic mass is 9.92. The minimum atomic E-state index is -0.491. The lowest BCUT2D eigenvalue weighted by Crippen LogP contribution is -2.28. The number of hydrogen-bond acceptors (Lipinski definition) is 4. The summed E-state index contributed by atoms with van der Waals surface area (Å²) in [5.41, 5.74) is 5.39. The first kappa shape index (κ1) is 15.3. The first-order chi connectivity index (χ1) is 9.74. The second kappa shape index (κ2) is 5.37.